The molecular formula is C13H29N3O2S. The van der Waals surface area contributed by atoms with Crippen LogP contribution < -0.4 is 5.32 Å². The fourth-order valence-corrected chi connectivity index (χ4v) is 3.92. The maximum atomic E-state index is 12.5. The van der Waals surface area contributed by atoms with Crippen LogP contribution in [0.2, 0.25) is 0 Å². The summed E-state index contributed by atoms with van der Waals surface area (Å²) in [5.41, 5.74) is -0.0954. The van der Waals surface area contributed by atoms with Crippen LogP contribution in [-0.2, 0) is 10.0 Å². The van der Waals surface area contributed by atoms with Crippen LogP contribution in [0.15, 0.2) is 0 Å². The topological polar surface area (TPSA) is 52.7 Å². The van der Waals surface area contributed by atoms with Gasteiger partial charge >= 0.3 is 0 Å². The Kier molecular flexibility index (Phi) is 5.79. The molecule has 5 nitrogen and oxygen atoms in total. The van der Waals surface area contributed by atoms with Gasteiger partial charge in [0.25, 0.3) is 0 Å². The van der Waals surface area contributed by atoms with E-state index in [9.17, 15) is 8.42 Å². The molecule has 0 saturated carbocycles. The maximum absolute atomic E-state index is 12.5. The van der Waals surface area contributed by atoms with Crippen LogP contribution in [0.4, 0.5) is 0 Å². The van der Waals surface area contributed by atoms with Crippen LogP contribution in [0, 0.1) is 0 Å². The van der Waals surface area contributed by atoms with Gasteiger partial charge in [-0.15, -0.1) is 0 Å². The first kappa shape index (κ1) is 16.9. The summed E-state index contributed by atoms with van der Waals surface area (Å²) in [7, 11) is -1.14. The van der Waals surface area contributed by atoms with Gasteiger partial charge in [0.15, 0.2) is 0 Å². The highest BCUT2D eigenvalue weighted by molar-refractivity contribution is 7.89. The molecule has 0 aromatic carbocycles. The van der Waals surface area contributed by atoms with E-state index in [2.05, 4.69) is 38.0 Å². The third kappa shape index (κ3) is 4.15. The molecule has 114 valence electrons. The molecule has 1 N–H and O–H groups in total. The van der Waals surface area contributed by atoms with Crippen LogP contribution in [0.5, 0.6) is 0 Å². The van der Waals surface area contributed by atoms with Gasteiger partial charge in [-0.1, -0.05) is 6.92 Å². The molecule has 0 aromatic heterocycles. The zero-order chi connectivity index (χ0) is 14.7. The predicted octanol–water partition coefficient (Wildman–Crippen LogP) is 0.730. The van der Waals surface area contributed by atoms with Crippen molar-refractivity contribution in [2.75, 3.05) is 39.8 Å². The minimum Gasteiger partial charge on any atom is -0.315 e. The van der Waals surface area contributed by atoms with Crippen molar-refractivity contribution in [2.24, 2.45) is 0 Å². The summed E-state index contributed by atoms with van der Waals surface area (Å²) in [6.07, 6.45) is 1.02. The monoisotopic (exact) mass is 291 g/mol. The summed E-state index contributed by atoms with van der Waals surface area (Å²) in [5, 5.41) is 2.83. The number of nitrogens with one attached hydrogen (secondary N) is 1. The van der Waals surface area contributed by atoms with Gasteiger partial charge in [-0.25, -0.2) is 8.42 Å². The van der Waals surface area contributed by atoms with Crippen LogP contribution in [0.25, 0.3) is 0 Å². The first-order valence-electron chi connectivity index (χ1n) is 7.12. The Bertz CT molecular complexity index is 381. The normalized spacial score (nSPS) is 23.4. The summed E-state index contributed by atoms with van der Waals surface area (Å²) in [6, 6.07) is 0. The molecule has 1 heterocycles. The third-order valence-corrected chi connectivity index (χ3v) is 6.22. The van der Waals surface area contributed by atoms with Crippen LogP contribution in [-0.4, -0.2) is 68.2 Å². The zero-order valence-corrected chi connectivity index (χ0v) is 13.8. The van der Waals surface area contributed by atoms with Crippen molar-refractivity contribution in [1.82, 2.24) is 14.5 Å². The number of nitrogens with zero attached hydrogens (tertiary/aromatic N) is 2. The maximum Gasteiger partial charge on any atom is 0.218 e. The van der Waals surface area contributed by atoms with Gasteiger partial charge in [0.2, 0.25) is 10.0 Å². The summed E-state index contributed by atoms with van der Waals surface area (Å²) in [6.45, 7) is 11.4. The van der Waals surface area contributed by atoms with Crippen molar-refractivity contribution in [3.8, 4) is 0 Å². The number of piperazine rings is 1. The number of hydrogen-bond donors (Lipinski definition) is 1. The second-order valence-corrected chi connectivity index (χ2v) is 8.48. The van der Waals surface area contributed by atoms with E-state index in [0.29, 0.717) is 19.6 Å². The Labute approximate surface area is 118 Å². The van der Waals surface area contributed by atoms with E-state index >= 15 is 0 Å². The number of sulfonamides is 1. The third-order valence-electron chi connectivity index (χ3n) is 4.01. The van der Waals surface area contributed by atoms with Gasteiger partial charge in [0, 0.05) is 31.7 Å². The largest absolute Gasteiger partial charge is 0.315 e. The number of hydrogen-bond acceptors (Lipinski definition) is 4. The van der Waals surface area contributed by atoms with E-state index in [1.165, 1.54) is 0 Å². The van der Waals surface area contributed by atoms with Gasteiger partial charge in [-0.2, -0.15) is 4.31 Å². The van der Waals surface area contributed by atoms with Crippen molar-refractivity contribution < 1.29 is 8.42 Å². The van der Waals surface area contributed by atoms with Crippen LogP contribution >= 0.6 is 0 Å². The fraction of sp³-hybridized carbons (Fsp3) is 1.00. The number of rotatable bonds is 6. The SMILES string of the molecule is CCCNCC(C)S(=O)(=O)N1CCN(C)C(C)(C)C1. The lowest BCUT2D eigenvalue weighted by Crippen LogP contribution is -2.60. The average molecular weight is 291 g/mol. The highest BCUT2D eigenvalue weighted by atomic mass is 32.2. The van der Waals surface area contributed by atoms with Gasteiger partial charge in [-0.05, 0) is 40.8 Å². The Morgan fingerprint density at radius 1 is 1.32 bits per heavy atom. The second kappa shape index (κ2) is 6.52. The van der Waals surface area contributed by atoms with Crippen LogP contribution in [0.1, 0.15) is 34.1 Å². The highest BCUT2D eigenvalue weighted by Crippen LogP contribution is 2.22. The summed E-state index contributed by atoms with van der Waals surface area (Å²) < 4.78 is 26.7. The quantitative estimate of drug-likeness (QED) is 0.733. The molecule has 0 spiro atoms. The van der Waals surface area contributed by atoms with Crippen molar-refractivity contribution >= 4 is 10.0 Å². The Balaban J connectivity index is 2.67. The zero-order valence-electron chi connectivity index (χ0n) is 12.9. The molecule has 19 heavy (non-hydrogen) atoms. The molecule has 0 amide bonds. The molecule has 6 heteroatoms. The van der Waals surface area contributed by atoms with Crippen molar-refractivity contribution in [1.29, 1.82) is 0 Å². The van der Waals surface area contributed by atoms with Crippen LogP contribution in [0.3, 0.4) is 0 Å². The lowest BCUT2D eigenvalue weighted by Gasteiger charge is -2.45. The van der Waals surface area contributed by atoms with E-state index < -0.39 is 10.0 Å². The Hall–Kier alpha value is -0.170. The molecule has 1 fully saturated rings. The van der Waals surface area contributed by atoms with Gasteiger partial charge in [0.05, 0.1) is 5.25 Å². The molecule has 0 aromatic rings. The lowest BCUT2D eigenvalue weighted by atomic mass is 10.0. The fourth-order valence-electron chi connectivity index (χ4n) is 2.25. The molecule has 1 saturated heterocycles. The predicted molar refractivity (Wildman–Crippen MR) is 79.8 cm³/mol. The first-order valence-corrected chi connectivity index (χ1v) is 8.63. The molecular weight excluding hydrogens is 262 g/mol. The van der Waals surface area contributed by atoms with E-state index in [-0.39, 0.29) is 10.8 Å². The Morgan fingerprint density at radius 3 is 2.47 bits per heavy atom. The molecule has 1 rings (SSSR count). The second-order valence-electron chi connectivity index (χ2n) is 6.13. The summed E-state index contributed by atoms with van der Waals surface area (Å²) in [4.78, 5) is 2.22. The van der Waals surface area contributed by atoms with Crippen molar-refractivity contribution in [3.05, 3.63) is 0 Å². The highest BCUT2D eigenvalue weighted by Gasteiger charge is 2.38. The van der Waals surface area contributed by atoms with E-state index in [1.807, 2.05) is 0 Å². The molecule has 1 aliphatic rings. The first-order chi connectivity index (χ1) is 8.71. The molecule has 0 bridgehead atoms. The van der Waals surface area contributed by atoms with E-state index in [4.69, 9.17) is 0 Å². The lowest BCUT2D eigenvalue weighted by molar-refractivity contribution is 0.0797. The molecule has 0 aliphatic carbocycles. The van der Waals surface area contributed by atoms with Gasteiger partial charge in [0.1, 0.15) is 0 Å². The standard InChI is InChI=1S/C13H29N3O2S/c1-6-7-14-10-12(2)19(17,18)16-9-8-15(5)13(3,4)11-16/h12,14H,6-11H2,1-5H3. The van der Waals surface area contributed by atoms with E-state index in [1.54, 1.807) is 11.2 Å². The van der Waals surface area contributed by atoms with Crippen molar-refractivity contribution in [3.63, 3.8) is 0 Å². The number of likely N-dealkylation sites (N-methyl/N-ethyl adjacent to an activating group) is 1. The summed E-state index contributed by atoms with van der Waals surface area (Å²) in [5.74, 6) is 0. The molecule has 1 atom stereocenters. The van der Waals surface area contributed by atoms with Gasteiger partial charge in [-0.3, -0.25) is 4.90 Å². The molecule has 1 unspecified atom stereocenters. The Morgan fingerprint density at radius 2 is 1.95 bits per heavy atom. The summed E-state index contributed by atoms with van der Waals surface area (Å²) >= 11 is 0. The van der Waals surface area contributed by atoms with Gasteiger partial charge < -0.3 is 5.32 Å². The smallest absolute Gasteiger partial charge is 0.218 e. The molecule has 1 aliphatic heterocycles. The minimum absolute atomic E-state index is 0.0954. The minimum atomic E-state index is -3.19. The van der Waals surface area contributed by atoms with E-state index in [0.717, 1.165) is 19.5 Å². The van der Waals surface area contributed by atoms with Crippen molar-refractivity contribution in [2.45, 2.75) is 44.9 Å². The molecule has 0 radical (unpaired) electrons. The average Bonchev–Trinajstić information content (AvgIpc) is 2.32.